The molecule has 20 heavy (non-hydrogen) atoms. The van der Waals surface area contributed by atoms with Crippen LogP contribution in [0.15, 0.2) is 42.6 Å². The molecule has 1 aromatic carbocycles. The molecule has 0 saturated carbocycles. The maximum Gasteiger partial charge on any atom is 0.324 e. The molecule has 104 valence electrons. The number of carbonyl (C=O) groups is 1. The second-order valence-corrected chi connectivity index (χ2v) is 5.12. The van der Waals surface area contributed by atoms with E-state index in [9.17, 15) is 4.79 Å². The van der Waals surface area contributed by atoms with Gasteiger partial charge >= 0.3 is 6.03 Å². The van der Waals surface area contributed by atoms with Gasteiger partial charge in [0.25, 0.3) is 0 Å². The number of anilines is 2. The van der Waals surface area contributed by atoms with Gasteiger partial charge < -0.3 is 5.32 Å². The minimum Gasteiger partial charge on any atom is -0.307 e. The summed E-state index contributed by atoms with van der Waals surface area (Å²) in [6.07, 6.45) is 1.49. The van der Waals surface area contributed by atoms with E-state index in [0.717, 1.165) is 11.3 Å². The number of pyridine rings is 1. The van der Waals surface area contributed by atoms with E-state index in [-0.39, 0.29) is 6.03 Å². The van der Waals surface area contributed by atoms with Crippen molar-refractivity contribution in [1.29, 1.82) is 0 Å². The Balaban J connectivity index is 2.07. The third-order valence-electron chi connectivity index (χ3n) is 2.80. The molecular formula is C15H16ClN3O. The predicted octanol–water partition coefficient (Wildman–Crippen LogP) is 4.50. The maximum absolute atomic E-state index is 11.9. The number of amides is 2. The van der Waals surface area contributed by atoms with Gasteiger partial charge in [-0.1, -0.05) is 43.6 Å². The molecule has 4 nitrogen and oxygen atoms in total. The molecule has 2 aromatic rings. The van der Waals surface area contributed by atoms with Crippen LogP contribution in [0.1, 0.15) is 25.3 Å². The molecule has 0 radical (unpaired) electrons. The van der Waals surface area contributed by atoms with Crippen LogP contribution < -0.4 is 10.6 Å². The maximum atomic E-state index is 11.9. The number of urea groups is 1. The minimum absolute atomic E-state index is 0.326. The Morgan fingerprint density at radius 3 is 2.55 bits per heavy atom. The number of hydrogen-bond acceptors (Lipinski definition) is 2. The molecule has 5 heteroatoms. The van der Waals surface area contributed by atoms with Crippen LogP contribution >= 0.6 is 11.6 Å². The third kappa shape index (κ3) is 3.71. The number of halogens is 1. The summed E-state index contributed by atoms with van der Waals surface area (Å²) >= 11 is 5.74. The smallest absolute Gasteiger partial charge is 0.307 e. The average Bonchev–Trinajstić information content (AvgIpc) is 2.41. The molecule has 0 atom stereocenters. The van der Waals surface area contributed by atoms with Gasteiger partial charge in [0.15, 0.2) is 0 Å². The number of carbonyl (C=O) groups excluding carboxylic acids is 1. The first-order chi connectivity index (χ1) is 9.56. The van der Waals surface area contributed by atoms with E-state index in [0.29, 0.717) is 16.8 Å². The van der Waals surface area contributed by atoms with E-state index in [1.54, 1.807) is 12.1 Å². The molecule has 2 N–H and O–H groups in total. The minimum atomic E-state index is -0.326. The highest BCUT2D eigenvalue weighted by Crippen LogP contribution is 2.23. The molecule has 0 saturated heterocycles. The van der Waals surface area contributed by atoms with Gasteiger partial charge in [-0.3, -0.25) is 5.32 Å². The van der Waals surface area contributed by atoms with Crippen molar-refractivity contribution in [3.05, 3.63) is 53.2 Å². The van der Waals surface area contributed by atoms with Gasteiger partial charge in [-0.2, -0.15) is 0 Å². The Morgan fingerprint density at radius 2 is 1.90 bits per heavy atom. The van der Waals surface area contributed by atoms with E-state index in [1.165, 1.54) is 6.20 Å². The zero-order valence-corrected chi connectivity index (χ0v) is 12.1. The second-order valence-electron chi connectivity index (χ2n) is 4.68. The van der Waals surface area contributed by atoms with E-state index in [1.807, 2.05) is 24.3 Å². The molecule has 0 spiro atoms. The standard InChI is InChI=1S/C15H16ClN3O/c1-10(2)12-5-3-4-6-13(12)18-15(20)19-14-8-7-11(16)9-17-14/h3-10H,1-2H3,(H2,17,18,19,20). The van der Waals surface area contributed by atoms with Crippen molar-refractivity contribution >= 4 is 29.1 Å². The number of aromatic nitrogens is 1. The van der Waals surface area contributed by atoms with Crippen molar-refractivity contribution < 1.29 is 4.79 Å². The summed E-state index contributed by atoms with van der Waals surface area (Å²) in [5.41, 5.74) is 1.89. The molecule has 2 amide bonds. The summed E-state index contributed by atoms with van der Waals surface area (Å²) in [6, 6.07) is 10.7. The second kappa shape index (κ2) is 6.39. The van der Waals surface area contributed by atoms with Crippen LogP contribution in [0, 0.1) is 0 Å². The third-order valence-corrected chi connectivity index (χ3v) is 3.02. The van der Waals surface area contributed by atoms with Gasteiger partial charge in [0.05, 0.1) is 5.02 Å². The zero-order valence-electron chi connectivity index (χ0n) is 11.4. The summed E-state index contributed by atoms with van der Waals surface area (Å²) in [6.45, 7) is 4.17. The molecule has 0 aliphatic heterocycles. The Hall–Kier alpha value is -2.07. The lowest BCUT2D eigenvalue weighted by Crippen LogP contribution is -2.21. The van der Waals surface area contributed by atoms with Crippen molar-refractivity contribution in [2.24, 2.45) is 0 Å². The van der Waals surface area contributed by atoms with Crippen molar-refractivity contribution in [3.8, 4) is 0 Å². The number of benzene rings is 1. The van der Waals surface area contributed by atoms with Crippen molar-refractivity contribution in [3.63, 3.8) is 0 Å². The van der Waals surface area contributed by atoms with E-state index >= 15 is 0 Å². The summed E-state index contributed by atoms with van der Waals surface area (Å²) < 4.78 is 0. The molecule has 0 unspecified atom stereocenters. The number of nitrogens with zero attached hydrogens (tertiary/aromatic N) is 1. The summed E-state index contributed by atoms with van der Waals surface area (Å²) in [5.74, 6) is 0.786. The Kier molecular flexibility index (Phi) is 4.58. The lowest BCUT2D eigenvalue weighted by atomic mass is 10.0. The predicted molar refractivity (Wildman–Crippen MR) is 82.4 cm³/mol. The number of nitrogens with one attached hydrogen (secondary N) is 2. The van der Waals surface area contributed by atoms with Crippen molar-refractivity contribution in [1.82, 2.24) is 4.98 Å². The van der Waals surface area contributed by atoms with Gasteiger partial charge in [-0.25, -0.2) is 9.78 Å². The topological polar surface area (TPSA) is 54.0 Å². The number of hydrogen-bond donors (Lipinski definition) is 2. The van der Waals surface area contributed by atoms with Gasteiger partial charge in [0.2, 0.25) is 0 Å². The van der Waals surface area contributed by atoms with Crippen LogP contribution in [-0.2, 0) is 0 Å². The Morgan fingerprint density at radius 1 is 1.15 bits per heavy atom. The lowest BCUT2D eigenvalue weighted by Gasteiger charge is -2.13. The highest BCUT2D eigenvalue weighted by molar-refractivity contribution is 6.30. The van der Waals surface area contributed by atoms with E-state index in [2.05, 4.69) is 29.5 Å². The number of para-hydroxylation sites is 1. The van der Waals surface area contributed by atoms with Gasteiger partial charge in [0, 0.05) is 11.9 Å². The average molecular weight is 290 g/mol. The summed E-state index contributed by atoms with van der Waals surface area (Å²) in [4.78, 5) is 16.0. The fourth-order valence-corrected chi connectivity index (χ4v) is 1.95. The van der Waals surface area contributed by atoms with Crippen LogP contribution in [0.4, 0.5) is 16.3 Å². The SMILES string of the molecule is CC(C)c1ccccc1NC(=O)Nc1ccc(Cl)cn1. The van der Waals surface area contributed by atoms with Gasteiger partial charge in [-0.15, -0.1) is 0 Å². The monoisotopic (exact) mass is 289 g/mol. The first-order valence-corrected chi connectivity index (χ1v) is 6.72. The fourth-order valence-electron chi connectivity index (χ4n) is 1.83. The molecule has 0 aliphatic carbocycles. The van der Waals surface area contributed by atoms with E-state index < -0.39 is 0 Å². The molecule has 0 bridgehead atoms. The number of rotatable bonds is 3. The van der Waals surface area contributed by atoms with Gasteiger partial charge in [0.1, 0.15) is 5.82 Å². The van der Waals surface area contributed by atoms with E-state index in [4.69, 9.17) is 11.6 Å². The van der Waals surface area contributed by atoms with Crippen molar-refractivity contribution in [2.45, 2.75) is 19.8 Å². The molecule has 1 heterocycles. The first-order valence-electron chi connectivity index (χ1n) is 6.34. The van der Waals surface area contributed by atoms with Crippen LogP contribution in [0.3, 0.4) is 0 Å². The molecule has 1 aromatic heterocycles. The Bertz CT molecular complexity index is 596. The summed E-state index contributed by atoms with van der Waals surface area (Å²) in [7, 11) is 0. The van der Waals surface area contributed by atoms with Crippen LogP contribution in [-0.4, -0.2) is 11.0 Å². The van der Waals surface area contributed by atoms with Gasteiger partial charge in [-0.05, 0) is 29.7 Å². The molecular weight excluding hydrogens is 274 g/mol. The van der Waals surface area contributed by atoms with Crippen molar-refractivity contribution in [2.75, 3.05) is 10.6 Å². The zero-order chi connectivity index (χ0) is 14.5. The quantitative estimate of drug-likeness (QED) is 0.874. The largest absolute Gasteiger partial charge is 0.324 e. The van der Waals surface area contributed by atoms with Crippen LogP contribution in [0.25, 0.3) is 0 Å². The molecule has 0 aliphatic rings. The first kappa shape index (κ1) is 14.3. The molecule has 0 fully saturated rings. The highest BCUT2D eigenvalue weighted by Gasteiger charge is 2.09. The normalized spacial score (nSPS) is 10.4. The lowest BCUT2D eigenvalue weighted by molar-refractivity contribution is 0.262. The molecule has 2 rings (SSSR count). The highest BCUT2D eigenvalue weighted by atomic mass is 35.5. The summed E-state index contributed by atoms with van der Waals surface area (Å²) in [5, 5.41) is 6.02. The van der Waals surface area contributed by atoms with Crippen LogP contribution in [0.2, 0.25) is 5.02 Å². The Labute approximate surface area is 123 Å². The fraction of sp³-hybridized carbons (Fsp3) is 0.200. The van der Waals surface area contributed by atoms with Crippen LogP contribution in [0.5, 0.6) is 0 Å².